The van der Waals surface area contributed by atoms with Crippen LogP contribution in [0.2, 0.25) is 0 Å². The van der Waals surface area contributed by atoms with Gasteiger partial charge in [0.25, 0.3) is 0 Å². The molecule has 0 saturated heterocycles. The summed E-state index contributed by atoms with van der Waals surface area (Å²) < 4.78 is 11.4. The van der Waals surface area contributed by atoms with Gasteiger partial charge in [-0.15, -0.1) is 0 Å². The molecule has 2 aromatic rings. The SMILES string of the molecule is COC(=O)c1ccc2c(c1)COc1cc(Br)ccc1-2. The summed E-state index contributed by atoms with van der Waals surface area (Å²) in [5, 5.41) is 0. The first-order valence-corrected chi connectivity index (χ1v) is 6.62. The van der Waals surface area contributed by atoms with E-state index >= 15 is 0 Å². The molecule has 0 saturated carbocycles. The molecule has 1 aliphatic heterocycles. The minimum absolute atomic E-state index is 0.329. The molecule has 96 valence electrons. The van der Waals surface area contributed by atoms with E-state index in [2.05, 4.69) is 15.9 Å². The first-order chi connectivity index (χ1) is 9.19. The van der Waals surface area contributed by atoms with Crippen molar-refractivity contribution < 1.29 is 14.3 Å². The third-order valence-electron chi connectivity index (χ3n) is 3.14. The second-order valence-electron chi connectivity index (χ2n) is 4.29. The number of carbonyl (C=O) groups excluding carboxylic acids is 1. The second kappa shape index (κ2) is 4.70. The van der Waals surface area contributed by atoms with Crippen molar-refractivity contribution in [2.75, 3.05) is 7.11 Å². The number of ether oxygens (including phenoxy) is 2. The highest BCUT2D eigenvalue weighted by molar-refractivity contribution is 9.10. The average Bonchev–Trinajstić information content (AvgIpc) is 2.45. The van der Waals surface area contributed by atoms with Crippen LogP contribution >= 0.6 is 15.9 Å². The van der Waals surface area contributed by atoms with Gasteiger partial charge in [0, 0.05) is 10.0 Å². The van der Waals surface area contributed by atoms with E-state index in [0.717, 1.165) is 26.9 Å². The average molecular weight is 319 g/mol. The molecule has 3 nitrogen and oxygen atoms in total. The van der Waals surface area contributed by atoms with Gasteiger partial charge >= 0.3 is 5.97 Å². The maximum atomic E-state index is 11.5. The molecule has 0 bridgehead atoms. The van der Waals surface area contributed by atoms with Crippen molar-refractivity contribution >= 4 is 21.9 Å². The van der Waals surface area contributed by atoms with Gasteiger partial charge < -0.3 is 9.47 Å². The molecule has 19 heavy (non-hydrogen) atoms. The van der Waals surface area contributed by atoms with Crippen LogP contribution in [0.4, 0.5) is 0 Å². The summed E-state index contributed by atoms with van der Waals surface area (Å²) in [6, 6.07) is 11.5. The lowest BCUT2D eigenvalue weighted by Gasteiger charge is -2.21. The Labute approximate surface area is 119 Å². The number of carbonyl (C=O) groups is 1. The van der Waals surface area contributed by atoms with Gasteiger partial charge in [-0.25, -0.2) is 4.79 Å². The van der Waals surface area contributed by atoms with Gasteiger partial charge in [0.1, 0.15) is 12.4 Å². The largest absolute Gasteiger partial charge is 0.488 e. The lowest BCUT2D eigenvalue weighted by molar-refractivity contribution is 0.0600. The van der Waals surface area contributed by atoms with Crippen molar-refractivity contribution in [2.24, 2.45) is 0 Å². The van der Waals surface area contributed by atoms with Crippen LogP contribution in [0.25, 0.3) is 11.1 Å². The third-order valence-corrected chi connectivity index (χ3v) is 3.64. The normalized spacial score (nSPS) is 12.1. The van der Waals surface area contributed by atoms with Gasteiger partial charge in [-0.05, 0) is 41.5 Å². The number of halogens is 1. The van der Waals surface area contributed by atoms with E-state index in [0.29, 0.717) is 12.2 Å². The van der Waals surface area contributed by atoms with Crippen LogP contribution in [0.3, 0.4) is 0 Å². The molecule has 0 atom stereocenters. The van der Waals surface area contributed by atoms with E-state index in [-0.39, 0.29) is 5.97 Å². The number of fused-ring (bicyclic) bond motifs is 3. The summed E-state index contributed by atoms with van der Waals surface area (Å²) in [7, 11) is 1.38. The summed E-state index contributed by atoms with van der Waals surface area (Å²) >= 11 is 3.43. The van der Waals surface area contributed by atoms with Crippen LogP contribution in [-0.2, 0) is 11.3 Å². The Hall–Kier alpha value is -1.81. The Morgan fingerprint density at radius 2 is 2.00 bits per heavy atom. The van der Waals surface area contributed by atoms with Gasteiger partial charge in [-0.3, -0.25) is 0 Å². The molecule has 0 aliphatic carbocycles. The molecule has 0 unspecified atom stereocenters. The van der Waals surface area contributed by atoms with Gasteiger partial charge in [-0.1, -0.05) is 22.0 Å². The molecule has 2 aromatic carbocycles. The second-order valence-corrected chi connectivity index (χ2v) is 5.21. The van der Waals surface area contributed by atoms with Crippen LogP contribution in [0.1, 0.15) is 15.9 Å². The van der Waals surface area contributed by atoms with Crippen LogP contribution in [-0.4, -0.2) is 13.1 Å². The Bertz CT molecular complexity index is 664. The lowest BCUT2D eigenvalue weighted by Crippen LogP contribution is -2.08. The summed E-state index contributed by atoms with van der Waals surface area (Å²) in [4.78, 5) is 11.5. The molecule has 0 N–H and O–H groups in total. The zero-order valence-electron chi connectivity index (χ0n) is 10.3. The smallest absolute Gasteiger partial charge is 0.337 e. The van der Waals surface area contributed by atoms with E-state index in [1.54, 1.807) is 6.07 Å². The molecule has 3 rings (SSSR count). The molecule has 0 spiro atoms. The van der Waals surface area contributed by atoms with Gasteiger partial charge in [-0.2, -0.15) is 0 Å². The lowest BCUT2D eigenvalue weighted by atomic mass is 9.95. The molecule has 0 amide bonds. The van der Waals surface area contributed by atoms with Gasteiger partial charge in [0.2, 0.25) is 0 Å². The third kappa shape index (κ3) is 2.12. The summed E-state index contributed by atoms with van der Waals surface area (Å²) in [6.45, 7) is 0.462. The Morgan fingerprint density at radius 1 is 1.21 bits per heavy atom. The molecular weight excluding hydrogens is 308 g/mol. The Balaban J connectivity index is 2.10. The molecule has 0 aromatic heterocycles. The fourth-order valence-corrected chi connectivity index (χ4v) is 2.55. The standard InChI is InChI=1S/C15H11BrO3/c1-18-15(17)9-2-4-12-10(6-9)8-19-14-7-11(16)3-5-13(12)14/h2-7H,8H2,1H3. The molecule has 1 heterocycles. The molecule has 1 aliphatic rings. The van der Waals surface area contributed by atoms with Crippen molar-refractivity contribution in [3.63, 3.8) is 0 Å². The topological polar surface area (TPSA) is 35.5 Å². The fraction of sp³-hybridized carbons (Fsp3) is 0.133. The monoisotopic (exact) mass is 318 g/mol. The number of hydrogen-bond donors (Lipinski definition) is 0. The quantitative estimate of drug-likeness (QED) is 0.750. The Morgan fingerprint density at radius 3 is 2.79 bits per heavy atom. The van der Waals surface area contributed by atoms with Crippen LogP contribution < -0.4 is 4.74 Å². The first-order valence-electron chi connectivity index (χ1n) is 5.83. The summed E-state index contributed by atoms with van der Waals surface area (Å²) in [6.07, 6.45) is 0. The summed E-state index contributed by atoms with van der Waals surface area (Å²) in [5.41, 5.74) is 3.69. The van der Waals surface area contributed by atoms with E-state index in [4.69, 9.17) is 9.47 Å². The maximum Gasteiger partial charge on any atom is 0.337 e. The van der Waals surface area contributed by atoms with E-state index in [1.807, 2.05) is 30.3 Å². The van der Waals surface area contributed by atoms with E-state index in [1.165, 1.54) is 7.11 Å². The highest BCUT2D eigenvalue weighted by atomic mass is 79.9. The van der Waals surface area contributed by atoms with E-state index in [9.17, 15) is 4.79 Å². The predicted octanol–water partition coefficient (Wildman–Crippen LogP) is 3.80. The van der Waals surface area contributed by atoms with Crippen molar-refractivity contribution in [2.45, 2.75) is 6.61 Å². The number of esters is 1. The van der Waals surface area contributed by atoms with E-state index < -0.39 is 0 Å². The van der Waals surface area contributed by atoms with Crippen molar-refractivity contribution in [3.8, 4) is 16.9 Å². The predicted molar refractivity (Wildman–Crippen MR) is 75.2 cm³/mol. The zero-order chi connectivity index (χ0) is 13.4. The Kier molecular flexibility index (Phi) is 3.03. The van der Waals surface area contributed by atoms with Crippen LogP contribution in [0.15, 0.2) is 40.9 Å². The minimum atomic E-state index is -0.329. The number of rotatable bonds is 1. The van der Waals surface area contributed by atoms with Crippen molar-refractivity contribution in [1.82, 2.24) is 0 Å². The summed E-state index contributed by atoms with van der Waals surface area (Å²) in [5.74, 6) is 0.525. The number of benzene rings is 2. The maximum absolute atomic E-state index is 11.5. The van der Waals surface area contributed by atoms with Crippen molar-refractivity contribution in [3.05, 3.63) is 52.0 Å². The molecule has 0 radical (unpaired) electrons. The van der Waals surface area contributed by atoms with Gasteiger partial charge in [0.05, 0.1) is 12.7 Å². The first kappa shape index (κ1) is 12.2. The van der Waals surface area contributed by atoms with Crippen LogP contribution in [0, 0.1) is 0 Å². The molecule has 0 fully saturated rings. The fourth-order valence-electron chi connectivity index (χ4n) is 2.21. The zero-order valence-corrected chi connectivity index (χ0v) is 11.9. The number of hydrogen-bond acceptors (Lipinski definition) is 3. The molecular formula is C15H11BrO3. The number of methoxy groups -OCH3 is 1. The highest BCUT2D eigenvalue weighted by Crippen LogP contribution is 2.39. The molecule has 4 heteroatoms. The van der Waals surface area contributed by atoms with Crippen molar-refractivity contribution in [1.29, 1.82) is 0 Å². The van der Waals surface area contributed by atoms with Gasteiger partial charge in [0.15, 0.2) is 0 Å². The minimum Gasteiger partial charge on any atom is -0.488 e. The highest BCUT2D eigenvalue weighted by Gasteiger charge is 2.19. The van der Waals surface area contributed by atoms with Crippen LogP contribution in [0.5, 0.6) is 5.75 Å².